The van der Waals surface area contributed by atoms with E-state index >= 15 is 0 Å². The summed E-state index contributed by atoms with van der Waals surface area (Å²) >= 11 is 12.2. The number of nitrogens with zero attached hydrogens (tertiary/aromatic N) is 1. The molecule has 0 aliphatic heterocycles. The van der Waals surface area contributed by atoms with Crippen LogP contribution < -0.4 is 5.32 Å². The highest BCUT2D eigenvalue weighted by molar-refractivity contribution is 6.42. The molecule has 37 heavy (non-hydrogen) atoms. The van der Waals surface area contributed by atoms with Crippen LogP contribution in [0.15, 0.2) is 84.9 Å². The number of rotatable bonds is 8. The first kappa shape index (κ1) is 27.0. The SMILES string of the molecule is C[C@@H](NCC(=O)N(Cc1ccc(C(F)(F)F)cc1)Cc1ccc(Cl)c(Cl)c1)c1cccc2ccccc12. The van der Waals surface area contributed by atoms with Crippen LogP contribution in [0, 0.1) is 0 Å². The fraction of sp³-hybridized carbons (Fsp3) is 0.207. The minimum Gasteiger partial charge on any atom is -0.333 e. The van der Waals surface area contributed by atoms with Gasteiger partial charge in [-0.15, -0.1) is 0 Å². The Labute approximate surface area is 223 Å². The van der Waals surface area contributed by atoms with Crippen molar-refractivity contribution < 1.29 is 18.0 Å². The fourth-order valence-corrected chi connectivity index (χ4v) is 4.52. The highest BCUT2D eigenvalue weighted by Gasteiger charge is 2.30. The third-order valence-corrected chi connectivity index (χ3v) is 6.95. The number of fused-ring (bicyclic) bond motifs is 1. The minimum absolute atomic E-state index is 0.0480. The van der Waals surface area contributed by atoms with Gasteiger partial charge in [0, 0.05) is 19.1 Å². The van der Waals surface area contributed by atoms with E-state index in [0.717, 1.165) is 34.0 Å². The van der Waals surface area contributed by atoms with Crippen molar-refractivity contribution in [1.29, 1.82) is 0 Å². The highest BCUT2D eigenvalue weighted by atomic mass is 35.5. The second kappa shape index (κ2) is 11.5. The van der Waals surface area contributed by atoms with Gasteiger partial charge in [-0.2, -0.15) is 13.2 Å². The summed E-state index contributed by atoms with van der Waals surface area (Å²) in [4.78, 5) is 14.9. The zero-order valence-corrected chi connectivity index (χ0v) is 21.5. The second-order valence-corrected chi connectivity index (χ2v) is 9.68. The molecule has 1 atom stereocenters. The zero-order chi connectivity index (χ0) is 26.6. The standard InChI is InChI=1S/C29H25Cl2F3N2O/c1-19(24-8-4-6-22-5-2-3-7-25(22)24)35-16-28(37)36(18-21-11-14-26(30)27(31)15-21)17-20-9-12-23(13-10-20)29(32,33)34/h2-15,19,35H,16-18H2,1H3/t19-/m1/s1. The average molecular weight is 545 g/mol. The molecule has 0 saturated carbocycles. The molecule has 4 rings (SSSR count). The van der Waals surface area contributed by atoms with E-state index in [1.165, 1.54) is 12.1 Å². The van der Waals surface area contributed by atoms with E-state index in [2.05, 4.69) is 5.32 Å². The molecule has 0 aliphatic rings. The number of hydrogen-bond acceptors (Lipinski definition) is 2. The summed E-state index contributed by atoms with van der Waals surface area (Å²) in [6.07, 6.45) is -4.42. The third kappa shape index (κ3) is 6.83. The first-order chi connectivity index (χ1) is 17.6. The molecule has 1 N–H and O–H groups in total. The lowest BCUT2D eigenvalue weighted by atomic mass is 10.00. The van der Waals surface area contributed by atoms with Gasteiger partial charge in [0.1, 0.15) is 0 Å². The van der Waals surface area contributed by atoms with Crippen LogP contribution in [0.4, 0.5) is 13.2 Å². The molecule has 0 unspecified atom stereocenters. The van der Waals surface area contributed by atoms with Gasteiger partial charge >= 0.3 is 6.18 Å². The van der Waals surface area contributed by atoms with Crippen molar-refractivity contribution in [3.8, 4) is 0 Å². The van der Waals surface area contributed by atoms with E-state index in [1.54, 1.807) is 23.1 Å². The van der Waals surface area contributed by atoms with Gasteiger partial charge in [-0.05, 0) is 58.7 Å². The normalized spacial score (nSPS) is 12.5. The van der Waals surface area contributed by atoms with Crippen LogP contribution >= 0.6 is 23.2 Å². The van der Waals surface area contributed by atoms with Crippen molar-refractivity contribution in [2.24, 2.45) is 0 Å². The molecule has 4 aromatic carbocycles. The van der Waals surface area contributed by atoms with Crippen LogP contribution in [0.5, 0.6) is 0 Å². The van der Waals surface area contributed by atoms with Crippen molar-refractivity contribution in [3.05, 3.63) is 117 Å². The Hall–Kier alpha value is -3.06. The molecular formula is C29H25Cl2F3N2O. The fourth-order valence-electron chi connectivity index (χ4n) is 4.20. The van der Waals surface area contributed by atoms with Crippen LogP contribution in [-0.4, -0.2) is 17.4 Å². The van der Waals surface area contributed by atoms with E-state index in [9.17, 15) is 18.0 Å². The van der Waals surface area contributed by atoms with Crippen molar-refractivity contribution in [3.63, 3.8) is 0 Å². The number of carbonyl (C=O) groups excluding carboxylic acids is 1. The molecule has 1 amide bonds. The summed E-state index contributed by atoms with van der Waals surface area (Å²) in [7, 11) is 0. The Balaban J connectivity index is 1.52. The molecule has 0 fully saturated rings. The van der Waals surface area contributed by atoms with E-state index in [1.807, 2.05) is 49.4 Å². The zero-order valence-electron chi connectivity index (χ0n) is 20.0. The lowest BCUT2D eigenvalue weighted by molar-refractivity contribution is -0.137. The molecule has 0 aromatic heterocycles. The van der Waals surface area contributed by atoms with Gasteiger partial charge in [-0.25, -0.2) is 0 Å². The number of amides is 1. The second-order valence-electron chi connectivity index (χ2n) is 8.86. The van der Waals surface area contributed by atoms with Crippen LogP contribution in [0.1, 0.15) is 35.2 Å². The van der Waals surface area contributed by atoms with Gasteiger partial charge in [0.05, 0.1) is 22.2 Å². The molecule has 192 valence electrons. The third-order valence-electron chi connectivity index (χ3n) is 6.21. The summed E-state index contributed by atoms with van der Waals surface area (Å²) in [6.45, 7) is 2.41. The summed E-state index contributed by atoms with van der Waals surface area (Å²) in [5.74, 6) is -0.196. The predicted molar refractivity (Wildman–Crippen MR) is 143 cm³/mol. The van der Waals surface area contributed by atoms with Crippen LogP contribution in [0.25, 0.3) is 10.8 Å². The van der Waals surface area contributed by atoms with Crippen LogP contribution in [0.3, 0.4) is 0 Å². The number of nitrogens with one attached hydrogen (secondary N) is 1. The maximum Gasteiger partial charge on any atom is 0.416 e. The van der Waals surface area contributed by atoms with Crippen molar-refractivity contribution in [1.82, 2.24) is 10.2 Å². The van der Waals surface area contributed by atoms with Gasteiger partial charge in [-0.3, -0.25) is 4.79 Å². The van der Waals surface area contributed by atoms with Crippen LogP contribution in [0.2, 0.25) is 10.0 Å². The minimum atomic E-state index is -4.42. The lowest BCUT2D eigenvalue weighted by Crippen LogP contribution is -2.38. The van der Waals surface area contributed by atoms with Gasteiger partial charge in [0.25, 0.3) is 0 Å². The molecule has 4 aromatic rings. The molecule has 0 spiro atoms. The summed E-state index contributed by atoms with van der Waals surface area (Å²) in [5.41, 5.74) is 1.69. The van der Waals surface area contributed by atoms with Crippen molar-refractivity contribution in [2.45, 2.75) is 32.2 Å². The molecule has 0 aliphatic carbocycles. The lowest BCUT2D eigenvalue weighted by Gasteiger charge is -2.25. The monoisotopic (exact) mass is 544 g/mol. The smallest absolute Gasteiger partial charge is 0.333 e. The Bertz CT molecular complexity index is 1390. The van der Waals surface area contributed by atoms with Gasteiger partial charge in [0.2, 0.25) is 5.91 Å². The maximum absolute atomic E-state index is 13.4. The summed E-state index contributed by atoms with van der Waals surface area (Å²) in [6, 6.07) is 23.9. The molecule has 8 heteroatoms. The summed E-state index contributed by atoms with van der Waals surface area (Å²) in [5, 5.41) is 6.29. The Morgan fingerprint density at radius 2 is 1.51 bits per heavy atom. The average Bonchev–Trinajstić information content (AvgIpc) is 2.88. The number of carbonyl (C=O) groups is 1. The van der Waals surface area contributed by atoms with Crippen LogP contribution in [-0.2, 0) is 24.1 Å². The van der Waals surface area contributed by atoms with Gasteiger partial charge in [-0.1, -0.05) is 83.9 Å². The number of benzene rings is 4. The first-order valence-electron chi connectivity index (χ1n) is 11.7. The number of alkyl halides is 3. The van der Waals surface area contributed by atoms with Crippen molar-refractivity contribution in [2.75, 3.05) is 6.54 Å². The number of halogens is 5. The van der Waals surface area contributed by atoms with E-state index < -0.39 is 11.7 Å². The van der Waals surface area contributed by atoms with Gasteiger partial charge < -0.3 is 10.2 Å². The molecule has 0 heterocycles. The Kier molecular flexibility index (Phi) is 8.42. The first-order valence-corrected chi connectivity index (χ1v) is 12.5. The maximum atomic E-state index is 13.4. The van der Waals surface area contributed by atoms with Gasteiger partial charge in [0.15, 0.2) is 0 Å². The largest absolute Gasteiger partial charge is 0.416 e. The number of hydrogen-bond donors (Lipinski definition) is 1. The molecular weight excluding hydrogens is 520 g/mol. The molecule has 3 nitrogen and oxygen atoms in total. The molecule has 0 saturated heterocycles. The predicted octanol–water partition coefficient (Wildman–Crippen LogP) is 8.05. The highest BCUT2D eigenvalue weighted by Crippen LogP contribution is 2.30. The van der Waals surface area contributed by atoms with Crippen molar-refractivity contribution >= 4 is 39.9 Å². The Morgan fingerprint density at radius 1 is 0.865 bits per heavy atom. The quantitative estimate of drug-likeness (QED) is 0.243. The Morgan fingerprint density at radius 3 is 2.22 bits per heavy atom. The molecule has 0 bridgehead atoms. The van der Waals surface area contributed by atoms with E-state index in [0.29, 0.717) is 15.6 Å². The summed E-state index contributed by atoms with van der Waals surface area (Å²) < 4.78 is 39.0. The topological polar surface area (TPSA) is 32.3 Å². The van der Waals surface area contributed by atoms with E-state index in [-0.39, 0.29) is 31.6 Å². The molecule has 0 radical (unpaired) electrons. The van der Waals surface area contributed by atoms with E-state index in [4.69, 9.17) is 23.2 Å².